The quantitative estimate of drug-likeness (QED) is 0.321. The van der Waals surface area contributed by atoms with Gasteiger partial charge in [-0.15, -0.1) is 11.8 Å². The lowest BCUT2D eigenvalue weighted by Crippen LogP contribution is -2.31. The second kappa shape index (κ2) is 11.8. The van der Waals surface area contributed by atoms with Gasteiger partial charge in [-0.05, 0) is 92.0 Å². The first kappa shape index (κ1) is 24.7. The molecule has 0 radical (unpaired) electrons. The molecule has 1 unspecified atom stereocenters. The smallest absolute Gasteiger partial charge is 0.240 e. The third-order valence-electron chi connectivity index (χ3n) is 5.80. The van der Waals surface area contributed by atoms with Gasteiger partial charge in [0.1, 0.15) is 5.25 Å². The van der Waals surface area contributed by atoms with E-state index in [0.29, 0.717) is 0 Å². The van der Waals surface area contributed by atoms with Crippen LogP contribution in [0, 0.1) is 6.92 Å². The fourth-order valence-corrected chi connectivity index (χ4v) is 4.90. The molecular formula is C28H34N2O2S. The number of likely N-dealkylation sites (tertiary alicyclic amines) is 1. The lowest BCUT2D eigenvalue weighted by molar-refractivity contribution is -0.129. The number of benzene rings is 2. The van der Waals surface area contributed by atoms with Gasteiger partial charge in [-0.1, -0.05) is 42.5 Å². The maximum atomic E-state index is 13.2. The van der Waals surface area contributed by atoms with Crippen molar-refractivity contribution in [1.29, 1.82) is 0 Å². The largest absolute Gasteiger partial charge is 0.495 e. The highest BCUT2D eigenvalue weighted by Crippen LogP contribution is 2.34. The van der Waals surface area contributed by atoms with E-state index >= 15 is 0 Å². The van der Waals surface area contributed by atoms with Crippen LogP contribution in [0.25, 0.3) is 5.57 Å². The predicted octanol–water partition coefficient (Wildman–Crippen LogP) is 7.23. The lowest BCUT2D eigenvalue weighted by Gasteiger charge is -2.22. The Hall–Kier alpha value is -2.92. The average molecular weight is 463 g/mol. The molecule has 33 heavy (non-hydrogen) atoms. The third kappa shape index (κ3) is 6.78. The van der Waals surface area contributed by atoms with Crippen molar-refractivity contribution >= 4 is 28.9 Å². The van der Waals surface area contributed by atoms with Crippen molar-refractivity contribution in [2.75, 3.05) is 18.4 Å². The van der Waals surface area contributed by atoms with E-state index in [1.807, 2.05) is 54.3 Å². The first-order chi connectivity index (χ1) is 15.9. The molecule has 0 aliphatic carbocycles. The number of amides is 1. The molecule has 5 heteroatoms. The number of aliphatic hydroxyl groups is 1. The van der Waals surface area contributed by atoms with Crippen molar-refractivity contribution in [3.8, 4) is 0 Å². The highest BCUT2D eigenvalue weighted by atomic mass is 32.2. The molecule has 0 aromatic heterocycles. The monoisotopic (exact) mass is 462 g/mol. The number of aryl methyl sites for hydroxylation is 1. The summed E-state index contributed by atoms with van der Waals surface area (Å²) >= 11 is 1.59. The van der Waals surface area contributed by atoms with Crippen LogP contribution >= 0.6 is 11.8 Å². The average Bonchev–Trinajstić information content (AvgIpc) is 3.36. The van der Waals surface area contributed by atoms with Crippen molar-refractivity contribution in [3.05, 3.63) is 94.2 Å². The predicted molar refractivity (Wildman–Crippen MR) is 141 cm³/mol. The summed E-state index contributed by atoms with van der Waals surface area (Å²) in [5.74, 6) is 0.349. The summed E-state index contributed by atoms with van der Waals surface area (Å²) < 4.78 is 0. The minimum absolute atomic E-state index is 0.144. The van der Waals surface area contributed by atoms with Crippen LogP contribution in [0.15, 0.2) is 77.5 Å². The van der Waals surface area contributed by atoms with Crippen molar-refractivity contribution < 1.29 is 9.90 Å². The number of aliphatic hydroxyl groups excluding tert-OH is 1. The first-order valence-corrected chi connectivity index (χ1v) is 12.4. The summed E-state index contributed by atoms with van der Waals surface area (Å²) in [5, 5.41) is 14.6. The van der Waals surface area contributed by atoms with E-state index < -0.39 is 0 Å². The van der Waals surface area contributed by atoms with Gasteiger partial charge in [-0.2, -0.15) is 0 Å². The SMILES string of the molecule is C/C=C(/O)Nc1ccc(/C(C)=C/C(C)=CSC(C(=O)N2CCCC2)c2ccccc2)cc1C. The van der Waals surface area contributed by atoms with Crippen molar-refractivity contribution in [2.24, 2.45) is 0 Å². The number of hydrogen-bond donors (Lipinski definition) is 2. The van der Waals surface area contributed by atoms with Crippen LogP contribution in [0.2, 0.25) is 0 Å². The molecule has 0 saturated carbocycles. The van der Waals surface area contributed by atoms with E-state index in [1.54, 1.807) is 24.8 Å². The Kier molecular flexibility index (Phi) is 8.84. The molecule has 174 valence electrons. The van der Waals surface area contributed by atoms with E-state index in [0.717, 1.165) is 59.5 Å². The first-order valence-electron chi connectivity index (χ1n) is 11.5. The molecule has 2 N–H and O–H groups in total. The second-order valence-electron chi connectivity index (χ2n) is 8.48. The Morgan fingerprint density at radius 3 is 2.45 bits per heavy atom. The topological polar surface area (TPSA) is 52.6 Å². The fraction of sp³-hybridized carbons (Fsp3) is 0.321. The Labute approximate surface area is 202 Å². The summed E-state index contributed by atoms with van der Waals surface area (Å²) in [6.45, 7) is 9.70. The number of anilines is 1. The van der Waals surface area contributed by atoms with Crippen molar-refractivity contribution in [1.82, 2.24) is 4.90 Å². The molecule has 2 aromatic rings. The number of nitrogens with one attached hydrogen (secondary N) is 1. The number of carbonyl (C=O) groups is 1. The molecule has 4 nitrogen and oxygen atoms in total. The van der Waals surface area contributed by atoms with Gasteiger partial charge in [-0.3, -0.25) is 4.79 Å². The van der Waals surface area contributed by atoms with Gasteiger partial charge >= 0.3 is 0 Å². The molecule has 1 aliphatic heterocycles. The summed E-state index contributed by atoms with van der Waals surface area (Å²) in [4.78, 5) is 15.2. The molecule has 0 bridgehead atoms. The summed E-state index contributed by atoms with van der Waals surface area (Å²) in [6.07, 6.45) is 5.97. The minimum Gasteiger partial charge on any atom is -0.495 e. The van der Waals surface area contributed by atoms with Gasteiger partial charge < -0.3 is 15.3 Å². The molecule has 0 spiro atoms. The third-order valence-corrected chi connectivity index (χ3v) is 7.05. The Bertz CT molecular complexity index is 1050. The van der Waals surface area contributed by atoms with Crippen LogP contribution in [0.5, 0.6) is 0 Å². The van der Waals surface area contributed by atoms with Crippen LogP contribution in [0.4, 0.5) is 5.69 Å². The summed E-state index contributed by atoms with van der Waals surface area (Å²) in [6, 6.07) is 16.2. The van der Waals surface area contributed by atoms with Crippen LogP contribution in [-0.4, -0.2) is 29.0 Å². The molecular weight excluding hydrogens is 428 g/mol. The maximum Gasteiger partial charge on any atom is 0.240 e. The van der Waals surface area contributed by atoms with E-state index in [4.69, 9.17) is 0 Å². The number of nitrogens with zero attached hydrogens (tertiary/aromatic N) is 1. The minimum atomic E-state index is -0.222. The van der Waals surface area contributed by atoms with Crippen LogP contribution in [-0.2, 0) is 4.79 Å². The molecule has 3 rings (SSSR count). The van der Waals surface area contributed by atoms with Gasteiger partial charge in [0.2, 0.25) is 5.91 Å². The number of rotatable bonds is 8. The van der Waals surface area contributed by atoms with Gasteiger partial charge in [0.05, 0.1) is 0 Å². The molecule has 1 aliphatic rings. The zero-order chi connectivity index (χ0) is 23.8. The van der Waals surface area contributed by atoms with Gasteiger partial charge in [-0.25, -0.2) is 0 Å². The molecule has 1 atom stereocenters. The molecule has 2 aromatic carbocycles. The van der Waals surface area contributed by atoms with E-state index in [1.165, 1.54) is 0 Å². The normalized spacial score (nSPS) is 16.1. The van der Waals surface area contributed by atoms with Crippen LogP contribution < -0.4 is 5.32 Å². The zero-order valence-electron chi connectivity index (χ0n) is 20.0. The van der Waals surface area contributed by atoms with Crippen LogP contribution in [0.3, 0.4) is 0 Å². The Morgan fingerprint density at radius 1 is 1.12 bits per heavy atom. The van der Waals surface area contributed by atoms with E-state index in [9.17, 15) is 9.90 Å². The molecule has 1 amide bonds. The van der Waals surface area contributed by atoms with Gasteiger partial charge in [0.25, 0.3) is 0 Å². The standard InChI is InChI=1S/C28H34N2O2S/c1-5-26(31)29-25-14-13-24(18-22(25)4)21(3)17-20(2)19-33-27(23-11-7-6-8-12-23)28(32)30-15-9-10-16-30/h5-8,11-14,17-19,27,29,31H,9-10,15-16H2,1-4H3/b20-19?,21-17+,26-5+. The molecule has 1 heterocycles. The Balaban J connectivity index is 1.76. The highest BCUT2D eigenvalue weighted by molar-refractivity contribution is 8.03. The van der Waals surface area contributed by atoms with Gasteiger partial charge in [0.15, 0.2) is 5.88 Å². The lowest BCUT2D eigenvalue weighted by atomic mass is 10.0. The van der Waals surface area contributed by atoms with Crippen LogP contribution in [0.1, 0.15) is 55.6 Å². The van der Waals surface area contributed by atoms with Crippen molar-refractivity contribution in [3.63, 3.8) is 0 Å². The Morgan fingerprint density at radius 2 is 1.82 bits per heavy atom. The number of carbonyl (C=O) groups excluding carboxylic acids is 1. The highest BCUT2D eigenvalue weighted by Gasteiger charge is 2.27. The second-order valence-corrected chi connectivity index (χ2v) is 9.46. The fourth-order valence-electron chi connectivity index (χ4n) is 3.90. The van der Waals surface area contributed by atoms with E-state index in [2.05, 4.69) is 36.7 Å². The maximum absolute atomic E-state index is 13.2. The van der Waals surface area contributed by atoms with Gasteiger partial charge in [0, 0.05) is 18.8 Å². The van der Waals surface area contributed by atoms with E-state index in [-0.39, 0.29) is 17.0 Å². The number of hydrogen-bond acceptors (Lipinski definition) is 4. The van der Waals surface area contributed by atoms with Crippen molar-refractivity contribution in [2.45, 2.75) is 45.8 Å². The number of allylic oxidation sites excluding steroid dienone is 4. The molecule has 1 saturated heterocycles. The molecule has 1 fully saturated rings. The zero-order valence-corrected chi connectivity index (χ0v) is 20.8. The number of thioether (sulfide) groups is 1. The summed E-state index contributed by atoms with van der Waals surface area (Å²) in [5.41, 5.74) is 6.38. The summed E-state index contributed by atoms with van der Waals surface area (Å²) in [7, 11) is 0.